The Morgan fingerprint density at radius 1 is 1.07 bits per heavy atom. The quantitative estimate of drug-likeness (QED) is 0.813. The third-order valence-electron chi connectivity index (χ3n) is 5.18. The maximum atomic E-state index is 15.0. The van der Waals surface area contributed by atoms with Crippen molar-refractivity contribution in [3.05, 3.63) is 53.8 Å². The number of piperidine rings is 1. The SMILES string of the molecule is Cl.Fc1cccc(Oc2ccc(F)c(N3CCC4(CC3)CNCCO4)c2F)c1. The van der Waals surface area contributed by atoms with Gasteiger partial charge in [-0.1, -0.05) is 6.07 Å². The van der Waals surface area contributed by atoms with Crippen molar-refractivity contribution >= 4 is 18.1 Å². The van der Waals surface area contributed by atoms with Crippen molar-refractivity contribution in [2.75, 3.05) is 37.7 Å². The smallest absolute Gasteiger partial charge is 0.191 e. The normalized spacial score (nSPS) is 18.6. The van der Waals surface area contributed by atoms with Crippen LogP contribution in [0.2, 0.25) is 0 Å². The summed E-state index contributed by atoms with van der Waals surface area (Å²) < 4.78 is 54.1. The monoisotopic (exact) mass is 414 g/mol. The number of halogens is 4. The zero-order valence-electron chi connectivity index (χ0n) is 15.2. The molecule has 0 amide bonds. The molecule has 2 fully saturated rings. The van der Waals surface area contributed by atoms with Gasteiger partial charge >= 0.3 is 0 Å². The predicted octanol–water partition coefficient (Wildman–Crippen LogP) is 4.28. The summed E-state index contributed by atoms with van der Waals surface area (Å²) in [6.07, 6.45) is 1.38. The second-order valence-corrected chi connectivity index (χ2v) is 6.96. The number of morpholine rings is 1. The minimum atomic E-state index is -0.780. The van der Waals surface area contributed by atoms with E-state index >= 15 is 0 Å². The van der Waals surface area contributed by atoms with Crippen LogP contribution in [0.3, 0.4) is 0 Å². The lowest BCUT2D eigenvalue weighted by molar-refractivity contribution is -0.0800. The van der Waals surface area contributed by atoms with Crippen molar-refractivity contribution in [1.29, 1.82) is 0 Å². The van der Waals surface area contributed by atoms with E-state index in [1.165, 1.54) is 30.3 Å². The van der Waals surface area contributed by atoms with E-state index in [2.05, 4.69) is 5.32 Å². The number of rotatable bonds is 3. The van der Waals surface area contributed by atoms with Crippen LogP contribution in [0.4, 0.5) is 18.9 Å². The molecule has 2 aromatic rings. The van der Waals surface area contributed by atoms with Gasteiger partial charge in [0.15, 0.2) is 11.6 Å². The Balaban J connectivity index is 0.00000225. The molecule has 0 saturated carbocycles. The minimum Gasteiger partial charge on any atom is -0.454 e. The van der Waals surface area contributed by atoms with Crippen LogP contribution in [0.15, 0.2) is 36.4 Å². The lowest BCUT2D eigenvalue weighted by Crippen LogP contribution is -2.55. The van der Waals surface area contributed by atoms with E-state index in [1.807, 2.05) is 0 Å². The highest BCUT2D eigenvalue weighted by atomic mass is 35.5. The largest absolute Gasteiger partial charge is 0.454 e. The van der Waals surface area contributed by atoms with Gasteiger partial charge < -0.3 is 19.7 Å². The summed E-state index contributed by atoms with van der Waals surface area (Å²) in [5.74, 6) is -1.88. The van der Waals surface area contributed by atoms with Crippen molar-refractivity contribution in [2.45, 2.75) is 18.4 Å². The van der Waals surface area contributed by atoms with Crippen LogP contribution in [0.5, 0.6) is 11.5 Å². The van der Waals surface area contributed by atoms with Crippen LogP contribution in [-0.2, 0) is 4.74 Å². The van der Waals surface area contributed by atoms with Gasteiger partial charge in [0.2, 0.25) is 0 Å². The molecule has 1 N–H and O–H groups in total. The van der Waals surface area contributed by atoms with Crippen LogP contribution < -0.4 is 15.0 Å². The molecule has 2 aliphatic heterocycles. The molecule has 2 saturated heterocycles. The van der Waals surface area contributed by atoms with Crippen molar-refractivity contribution < 1.29 is 22.6 Å². The molecule has 0 bridgehead atoms. The summed E-state index contributed by atoms with van der Waals surface area (Å²) in [6.45, 7) is 3.21. The maximum Gasteiger partial charge on any atom is 0.191 e. The molecular weight excluding hydrogens is 393 g/mol. The van der Waals surface area contributed by atoms with Gasteiger partial charge in [0.05, 0.1) is 12.2 Å². The average molecular weight is 415 g/mol. The number of nitrogens with one attached hydrogen (secondary N) is 1. The first kappa shape index (κ1) is 20.8. The first-order valence-corrected chi connectivity index (χ1v) is 9.07. The third-order valence-corrected chi connectivity index (χ3v) is 5.18. The molecule has 1 spiro atoms. The Bertz CT molecular complexity index is 821. The molecule has 4 nitrogen and oxygen atoms in total. The van der Waals surface area contributed by atoms with Crippen molar-refractivity contribution in [3.8, 4) is 11.5 Å². The van der Waals surface area contributed by atoms with Gasteiger partial charge in [0.25, 0.3) is 0 Å². The maximum absolute atomic E-state index is 15.0. The van der Waals surface area contributed by atoms with Crippen LogP contribution in [0, 0.1) is 17.5 Å². The number of ether oxygens (including phenoxy) is 2. The average Bonchev–Trinajstić information content (AvgIpc) is 2.67. The van der Waals surface area contributed by atoms with Crippen LogP contribution in [0.1, 0.15) is 12.8 Å². The van der Waals surface area contributed by atoms with E-state index in [0.29, 0.717) is 32.5 Å². The highest BCUT2D eigenvalue weighted by Crippen LogP contribution is 2.37. The number of hydrogen-bond acceptors (Lipinski definition) is 4. The molecule has 0 aliphatic carbocycles. The molecule has 0 atom stereocenters. The third kappa shape index (κ3) is 4.21. The van der Waals surface area contributed by atoms with Gasteiger partial charge in [0.1, 0.15) is 23.1 Å². The molecule has 0 aromatic heterocycles. The molecule has 2 aromatic carbocycles. The number of hydrogen-bond donors (Lipinski definition) is 1. The van der Waals surface area contributed by atoms with Crippen LogP contribution in [0.25, 0.3) is 0 Å². The summed E-state index contributed by atoms with van der Waals surface area (Å²) in [6, 6.07) is 7.80. The summed E-state index contributed by atoms with van der Waals surface area (Å²) in [5.41, 5.74) is -0.361. The Morgan fingerprint density at radius 2 is 1.86 bits per heavy atom. The van der Waals surface area contributed by atoms with Gasteiger partial charge in [-0.2, -0.15) is 0 Å². The zero-order chi connectivity index (χ0) is 18.9. The van der Waals surface area contributed by atoms with Gasteiger partial charge in [-0.3, -0.25) is 0 Å². The predicted molar refractivity (Wildman–Crippen MR) is 103 cm³/mol. The zero-order valence-corrected chi connectivity index (χ0v) is 16.0. The second-order valence-electron chi connectivity index (χ2n) is 6.96. The van der Waals surface area contributed by atoms with E-state index in [1.54, 1.807) is 4.90 Å². The van der Waals surface area contributed by atoms with E-state index < -0.39 is 17.5 Å². The van der Waals surface area contributed by atoms with E-state index in [4.69, 9.17) is 9.47 Å². The lowest BCUT2D eigenvalue weighted by Gasteiger charge is -2.44. The van der Waals surface area contributed by atoms with Gasteiger partial charge in [0, 0.05) is 32.2 Å². The molecule has 152 valence electrons. The molecule has 8 heteroatoms. The summed E-state index contributed by atoms with van der Waals surface area (Å²) >= 11 is 0. The first-order valence-electron chi connectivity index (χ1n) is 9.07. The van der Waals surface area contributed by atoms with Gasteiger partial charge in [-0.05, 0) is 37.1 Å². The summed E-state index contributed by atoms with van der Waals surface area (Å²) in [5, 5.41) is 3.32. The topological polar surface area (TPSA) is 33.7 Å². The van der Waals surface area contributed by atoms with E-state index in [-0.39, 0.29) is 35.2 Å². The van der Waals surface area contributed by atoms with E-state index in [0.717, 1.165) is 19.2 Å². The molecular formula is C20H22ClF3N2O2. The molecule has 0 radical (unpaired) electrons. The van der Waals surface area contributed by atoms with Crippen LogP contribution in [-0.4, -0.2) is 38.4 Å². The second kappa shape index (κ2) is 8.59. The highest BCUT2D eigenvalue weighted by molar-refractivity contribution is 5.85. The van der Waals surface area contributed by atoms with Gasteiger partial charge in [-0.25, -0.2) is 13.2 Å². The summed E-state index contributed by atoms with van der Waals surface area (Å²) in [7, 11) is 0. The number of benzene rings is 2. The Hall–Kier alpha value is -1.96. The number of anilines is 1. The molecule has 28 heavy (non-hydrogen) atoms. The fourth-order valence-electron chi connectivity index (χ4n) is 3.71. The minimum absolute atomic E-state index is 0. The fraction of sp³-hybridized carbons (Fsp3) is 0.400. The van der Waals surface area contributed by atoms with Crippen molar-refractivity contribution in [1.82, 2.24) is 5.32 Å². The highest BCUT2D eigenvalue weighted by Gasteiger charge is 2.38. The molecule has 0 unspecified atom stereocenters. The lowest BCUT2D eigenvalue weighted by atomic mass is 9.89. The standard InChI is InChI=1S/C20H21F3N2O2.ClH/c21-14-2-1-3-15(12-14)27-17-5-4-16(22)19(18(17)23)25-9-6-20(7-10-25)13-24-8-11-26-20;/h1-5,12,24H,6-11,13H2;1H. The molecule has 2 aliphatic rings. The molecule has 2 heterocycles. The number of nitrogens with zero attached hydrogens (tertiary/aromatic N) is 1. The van der Waals surface area contributed by atoms with Gasteiger partial charge in [-0.15, -0.1) is 12.4 Å². The van der Waals surface area contributed by atoms with Crippen molar-refractivity contribution in [2.24, 2.45) is 0 Å². The van der Waals surface area contributed by atoms with Crippen molar-refractivity contribution in [3.63, 3.8) is 0 Å². The Labute approximate surface area is 168 Å². The Kier molecular flexibility index (Phi) is 6.37. The van der Waals surface area contributed by atoms with E-state index in [9.17, 15) is 13.2 Å². The first-order chi connectivity index (χ1) is 13.1. The summed E-state index contributed by atoms with van der Waals surface area (Å²) in [4.78, 5) is 1.69. The van der Waals surface area contributed by atoms with Crippen LogP contribution >= 0.6 is 12.4 Å². The fourth-order valence-corrected chi connectivity index (χ4v) is 3.71. The molecule has 4 rings (SSSR count). The Morgan fingerprint density at radius 3 is 2.54 bits per heavy atom.